The summed E-state index contributed by atoms with van der Waals surface area (Å²) in [5.41, 5.74) is 1.13. The molecule has 0 radical (unpaired) electrons. The fraction of sp³-hybridized carbons (Fsp3) is 0.385. The first-order valence-electron chi connectivity index (χ1n) is 5.75. The lowest BCUT2D eigenvalue weighted by Gasteiger charge is -2.24. The number of hydrogen-bond acceptors (Lipinski definition) is 3. The lowest BCUT2D eigenvalue weighted by molar-refractivity contribution is -0.126. The molecule has 1 N–H and O–H groups in total. The first-order valence-corrected chi connectivity index (χ1v) is 5.75. The molecule has 1 saturated carbocycles. The van der Waals surface area contributed by atoms with E-state index in [2.05, 4.69) is 5.32 Å². The maximum Gasteiger partial charge on any atom is 0.407 e. The summed E-state index contributed by atoms with van der Waals surface area (Å²) >= 11 is 0. The van der Waals surface area contributed by atoms with E-state index in [0.717, 1.165) is 12.0 Å². The van der Waals surface area contributed by atoms with Crippen LogP contribution in [0.4, 0.5) is 4.79 Å². The van der Waals surface area contributed by atoms with Crippen LogP contribution in [0.15, 0.2) is 30.3 Å². The van der Waals surface area contributed by atoms with Gasteiger partial charge >= 0.3 is 6.09 Å². The van der Waals surface area contributed by atoms with Gasteiger partial charge < -0.3 is 10.1 Å². The number of ketones is 1. The van der Waals surface area contributed by atoms with Crippen molar-refractivity contribution in [3.63, 3.8) is 0 Å². The number of carbonyl (C=O) groups is 2. The smallest absolute Gasteiger partial charge is 0.407 e. The number of benzene rings is 1. The van der Waals surface area contributed by atoms with Gasteiger partial charge in [-0.3, -0.25) is 4.79 Å². The second-order valence-electron chi connectivity index (χ2n) is 4.07. The van der Waals surface area contributed by atoms with Crippen molar-refractivity contribution < 1.29 is 14.3 Å². The van der Waals surface area contributed by atoms with Crippen LogP contribution in [0.3, 0.4) is 0 Å². The van der Waals surface area contributed by atoms with E-state index in [9.17, 15) is 9.59 Å². The molecule has 0 spiro atoms. The zero-order chi connectivity index (χ0) is 12.1. The Morgan fingerprint density at radius 1 is 1.35 bits per heavy atom. The van der Waals surface area contributed by atoms with Crippen molar-refractivity contribution in [2.75, 3.05) is 6.61 Å². The van der Waals surface area contributed by atoms with E-state index in [4.69, 9.17) is 4.74 Å². The molecule has 0 unspecified atom stereocenters. The molecule has 2 rings (SSSR count). The highest BCUT2D eigenvalue weighted by Crippen LogP contribution is 2.13. The van der Waals surface area contributed by atoms with Gasteiger partial charge in [0, 0.05) is 12.8 Å². The Morgan fingerprint density at radius 3 is 2.71 bits per heavy atom. The van der Waals surface area contributed by atoms with Gasteiger partial charge in [-0.2, -0.15) is 0 Å². The van der Waals surface area contributed by atoms with Crippen LogP contribution in [0, 0.1) is 0 Å². The summed E-state index contributed by atoms with van der Waals surface area (Å²) in [6.07, 6.45) is 1.48. The third-order valence-electron chi connectivity index (χ3n) is 2.83. The summed E-state index contributed by atoms with van der Waals surface area (Å²) in [6, 6.07) is 9.48. The quantitative estimate of drug-likeness (QED) is 0.861. The molecule has 17 heavy (non-hydrogen) atoms. The third-order valence-corrected chi connectivity index (χ3v) is 2.83. The van der Waals surface area contributed by atoms with Crippen LogP contribution in [-0.2, 0) is 16.0 Å². The molecule has 1 aliphatic carbocycles. The molecule has 0 saturated heterocycles. The van der Waals surface area contributed by atoms with E-state index in [-0.39, 0.29) is 11.8 Å². The van der Waals surface area contributed by atoms with E-state index in [1.807, 2.05) is 30.3 Å². The predicted molar refractivity (Wildman–Crippen MR) is 62.7 cm³/mol. The second kappa shape index (κ2) is 5.48. The topological polar surface area (TPSA) is 55.4 Å². The largest absolute Gasteiger partial charge is 0.449 e. The Kier molecular flexibility index (Phi) is 3.75. The lowest BCUT2D eigenvalue weighted by atomic mass is 9.91. The van der Waals surface area contributed by atoms with Gasteiger partial charge in [0.1, 0.15) is 0 Å². The van der Waals surface area contributed by atoms with Gasteiger partial charge in [0.15, 0.2) is 5.78 Å². The van der Waals surface area contributed by atoms with Gasteiger partial charge in [-0.05, 0) is 12.0 Å². The van der Waals surface area contributed by atoms with Crippen molar-refractivity contribution in [3.8, 4) is 0 Å². The number of ether oxygens (including phenoxy) is 1. The fourth-order valence-electron chi connectivity index (χ4n) is 1.65. The summed E-state index contributed by atoms with van der Waals surface area (Å²) in [4.78, 5) is 22.3. The average molecular weight is 233 g/mol. The number of nitrogens with one attached hydrogen (secondary N) is 1. The Hall–Kier alpha value is -1.84. The number of hydrogen-bond donors (Lipinski definition) is 1. The Bertz CT molecular complexity index is 402. The summed E-state index contributed by atoms with van der Waals surface area (Å²) in [7, 11) is 0. The molecule has 0 aromatic heterocycles. The number of rotatable bonds is 4. The van der Waals surface area contributed by atoms with Crippen LogP contribution in [0.5, 0.6) is 0 Å². The first kappa shape index (κ1) is 11.6. The lowest BCUT2D eigenvalue weighted by Crippen LogP contribution is -2.47. The predicted octanol–water partition coefficient (Wildman–Crippen LogP) is 1.69. The Morgan fingerprint density at radius 2 is 2.12 bits per heavy atom. The minimum Gasteiger partial charge on any atom is -0.449 e. The highest BCUT2D eigenvalue weighted by molar-refractivity contribution is 5.92. The van der Waals surface area contributed by atoms with Crippen LogP contribution < -0.4 is 5.32 Å². The van der Waals surface area contributed by atoms with Crippen molar-refractivity contribution in [1.29, 1.82) is 0 Å². The maximum absolute atomic E-state index is 11.3. The Balaban J connectivity index is 1.65. The van der Waals surface area contributed by atoms with Gasteiger partial charge in [-0.15, -0.1) is 0 Å². The minimum absolute atomic E-state index is 0.0880. The molecular weight excluding hydrogens is 218 g/mol. The van der Waals surface area contributed by atoms with Crippen LogP contribution >= 0.6 is 0 Å². The molecule has 90 valence electrons. The number of carbonyl (C=O) groups excluding carboxylic acids is 2. The molecule has 4 heteroatoms. The maximum atomic E-state index is 11.3. The molecule has 1 atom stereocenters. The van der Waals surface area contributed by atoms with E-state index in [1.54, 1.807) is 0 Å². The molecule has 1 aliphatic rings. The third kappa shape index (κ3) is 3.31. The van der Waals surface area contributed by atoms with Crippen LogP contribution in [0.25, 0.3) is 0 Å². The zero-order valence-electron chi connectivity index (χ0n) is 9.52. The van der Waals surface area contributed by atoms with E-state index in [0.29, 0.717) is 19.4 Å². The summed E-state index contributed by atoms with van der Waals surface area (Å²) in [6.45, 7) is 0.330. The molecule has 0 bridgehead atoms. The number of alkyl carbamates (subject to hydrolysis) is 1. The molecule has 0 aliphatic heterocycles. The van der Waals surface area contributed by atoms with E-state index in [1.165, 1.54) is 0 Å². The molecule has 1 aromatic rings. The Labute approximate surface area is 100.0 Å². The monoisotopic (exact) mass is 233 g/mol. The van der Waals surface area contributed by atoms with Gasteiger partial charge in [-0.25, -0.2) is 4.79 Å². The molecule has 1 aromatic carbocycles. The normalized spacial score (nSPS) is 18.4. The van der Waals surface area contributed by atoms with Crippen molar-refractivity contribution in [2.45, 2.75) is 25.3 Å². The summed E-state index contributed by atoms with van der Waals surface area (Å²) in [5.74, 6) is 0.0880. The van der Waals surface area contributed by atoms with Crippen molar-refractivity contribution in [3.05, 3.63) is 35.9 Å². The summed E-state index contributed by atoms with van der Waals surface area (Å²) in [5, 5.41) is 2.54. The van der Waals surface area contributed by atoms with Gasteiger partial charge in [0.25, 0.3) is 0 Å². The number of Topliss-reactive ketones (excluding diaryl/α,β-unsaturated/α-hetero) is 1. The van der Waals surface area contributed by atoms with Crippen molar-refractivity contribution in [1.82, 2.24) is 5.32 Å². The van der Waals surface area contributed by atoms with Crippen molar-refractivity contribution in [2.24, 2.45) is 0 Å². The minimum atomic E-state index is -0.501. The standard InChI is InChI=1S/C13H15NO3/c15-12-7-6-11(12)14-13(16)17-9-8-10-4-2-1-3-5-10/h1-5,11H,6-9H2,(H,14,16)/t11-/m0/s1. The fourth-order valence-corrected chi connectivity index (χ4v) is 1.65. The van der Waals surface area contributed by atoms with Gasteiger partial charge in [0.2, 0.25) is 0 Å². The molecule has 0 heterocycles. The van der Waals surface area contributed by atoms with Crippen LogP contribution in [0.1, 0.15) is 18.4 Å². The molecule has 1 fully saturated rings. The summed E-state index contributed by atoms with van der Waals surface area (Å²) < 4.78 is 5.00. The highest BCUT2D eigenvalue weighted by Gasteiger charge is 2.29. The van der Waals surface area contributed by atoms with E-state index >= 15 is 0 Å². The highest BCUT2D eigenvalue weighted by atomic mass is 16.5. The SMILES string of the molecule is O=C(N[C@H]1CCC1=O)OCCc1ccccc1. The van der Waals surface area contributed by atoms with Gasteiger partial charge in [-0.1, -0.05) is 30.3 Å². The van der Waals surface area contributed by atoms with Crippen molar-refractivity contribution >= 4 is 11.9 Å². The van der Waals surface area contributed by atoms with E-state index < -0.39 is 6.09 Å². The molecule has 4 nitrogen and oxygen atoms in total. The van der Waals surface area contributed by atoms with Crippen LogP contribution in [0.2, 0.25) is 0 Å². The molecule has 1 amide bonds. The number of amides is 1. The first-order chi connectivity index (χ1) is 8.25. The van der Waals surface area contributed by atoms with Gasteiger partial charge in [0.05, 0.1) is 12.6 Å². The average Bonchev–Trinajstić information content (AvgIpc) is 2.35. The zero-order valence-corrected chi connectivity index (χ0v) is 9.52. The second-order valence-corrected chi connectivity index (χ2v) is 4.07. The molecular formula is C13H15NO3. The van der Waals surface area contributed by atoms with Crippen LogP contribution in [-0.4, -0.2) is 24.5 Å².